The standard InChI is InChI=1S/C25H32IN3O5S/c1-5-7-15-31-29(32-16-8-6-2)24(30)21(17-27)23(35)18(3)33-19-9-11-20(12-10-19)34-25-22(26)13-14-28(25)4/h9-14,18,21H,5-8,15-16H2,1-4H3. The fraction of sp³-hybridized carbons (Fsp3) is 0.480. The van der Waals surface area contributed by atoms with Crippen molar-refractivity contribution in [2.45, 2.75) is 52.6 Å². The van der Waals surface area contributed by atoms with Crippen molar-refractivity contribution in [2.24, 2.45) is 13.0 Å². The van der Waals surface area contributed by atoms with Crippen molar-refractivity contribution in [3.05, 3.63) is 40.1 Å². The zero-order valence-corrected chi connectivity index (χ0v) is 23.5. The van der Waals surface area contributed by atoms with E-state index >= 15 is 0 Å². The highest BCUT2D eigenvalue weighted by Gasteiger charge is 2.33. The van der Waals surface area contributed by atoms with Crippen LogP contribution >= 0.6 is 34.8 Å². The molecule has 10 heteroatoms. The average molecular weight is 614 g/mol. The Kier molecular flexibility index (Phi) is 12.5. The number of aromatic nitrogens is 1. The summed E-state index contributed by atoms with van der Waals surface area (Å²) in [6, 6.07) is 11.0. The van der Waals surface area contributed by atoms with Crippen LogP contribution in [0.1, 0.15) is 46.5 Å². The van der Waals surface area contributed by atoms with E-state index in [0.29, 0.717) is 24.7 Å². The first-order valence-electron chi connectivity index (χ1n) is 11.6. The molecule has 0 aliphatic carbocycles. The number of thiocarbonyl (C=S) groups is 1. The molecule has 2 unspecified atom stereocenters. The van der Waals surface area contributed by atoms with E-state index in [1.54, 1.807) is 31.2 Å². The van der Waals surface area contributed by atoms with Gasteiger partial charge in [-0.15, -0.1) is 0 Å². The fourth-order valence-electron chi connectivity index (χ4n) is 2.89. The molecule has 0 bridgehead atoms. The van der Waals surface area contributed by atoms with Gasteiger partial charge in [0.25, 0.3) is 5.91 Å². The van der Waals surface area contributed by atoms with E-state index in [4.69, 9.17) is 31.4 Å². The first-order valence-corrected chi connectivity index (χ1v) is 13.1. The minimum Gasteiger partial charge on any atom is -0.485 e. The van der Waals surface area contributed by atoms with Crippen molar-refractivity contribution < 1.29 is 23.9 Å². The van der Waals surface area contributed by atoms with E-state index in [9.17, 15) is 10.1 Å². The van der Waals surface area contributed by atoms with Gasteiger partial charge in [-0.1, -0.05) is 44.1 Å². The number of halogens is 1. The third-order valence-electron chi connectivity index (χ3n) is 4.97. The second kappa shape index (κ2) is 15.0. The smallest absolute Gasteiger partial charge is 0.295 e. The molecule has 0 N–H and O–H groups in total. The van der Waals surface area contributed by atoms with Crippen LogP contribution in [0.4, 0.5) is 0 Å². The van der Waals surface area contributed by atoms with Gasteiger partial charge in [0, 0.05) is 13.2 Å². The molecule has 0 aliphatic rings. The molecular formula is C25H32IN3O5S. The molecule has 0 saturated heterocycles. The summed E-state index contributed by atoms with van der Waals surface area (Å²) >= 11 is 7.67. The Hall–Kier alpha value is -2.20. The number of carbonyl (C=O) groups is 1. The topological polar surface area (TPSA) is 86.0 Å². The molecule has 0 radical (unpaired) electrons. The van der Waals surface area contributed by atoms with Gasteiger partial charge in [-0.2, -0.15) is 5.26 Å². The van der Waals surface area contributed by atoms with Gasteiger partial charge in [0.2, 0.25) is 5.88 Å². The Morgan fingerprint density at radius 1 is 1.11 bits per heavy atom. The number of hydrogen-bond acceptors (Lipinski definition) is 7. The highest BCUT2D eigenvalue weighted by atomic mass is 127. The zero-order chi connectivity index (χ0) is 25.8. The molecule has 1 heterocycles. The number of benzene rings is 1. The van der Waals surface area contributed by atoms with E-state index in [0.717, 1.165) is 40.4 Å². The Morgan fingerprint density at radius 2 is 1.69 bits per heavy atom. The minimum absolute atomic E-state index is 0.152. The molecule has 0 spiro atoms. The van der Waals surface area contributed by atoms with Crippen molar-refractivity contribution in [1.29, 1.82) is 5.26 Å². The molecule has 1 aromatic carbocycles. The van der Waals surface area contributed by atoms with Crippen LogP contribution in [0.25, 0.3) is 0 Å². The van der Waals surface area contributed by atoms with Crippen molar-refractivity contribution in [3.63, 3.8) is 0 Å². The van der Waals surface area contributed by atoms with Gasteiger partial charge in [0.15, 0.2) is 5.92 Å². The average Bonchev–Trinajstić information content (AvgIpc) is 3.16. The second-order valence-corrected chi connectivity index (χ2v) is 9.48. The third-order valence-corrected chi connectivity index (χ3v) is 6.36. The Balaban J connectivity index is 2.02. The fourth-order valence-corrected chi connectivity index (χ4v) is 3.75. The normalized spacial score (nSPS) is 12.5. The largest absolute Gasteiger partial charge is 0.485 e. The minimum atomic E-state index is -1.25. The van der Waals surface area contributed by atoms with Crippen LogP contribution in [-0.4, -0.2) is 39.9 Å². The summed E-state index contributed by atoms with van der Waals surface area (Å²) in [5, 5.41) is 10.5. The van der Waals surface area contributed by atoms with Crippen LogP contribution in [0.5, 0.6) is 17.4 Å². The molecule has 2 atom stereocenters. The van der Waals surface area contributed by atoms with Gasteiger partial charge >= 0.3 is 0 Å². The molecule has 2 rings (SSSR count). The van der Waals surface area contributed by atoms with Crippen LogP contribution in [-0.2, 0) is 21.5 Å². The summed E-state index contributed by atoms with van der Waals surface area (Å²) in [4.78, 5) is 24.1. The van der Waals surface area contributed by atoms with Gasteiger partial charge in [-0.3, -0.25) is 4.79 Å². The maximum absolute atomic E-state index is 13.0. The number of amides is 1. The van der Waals surface area contributed by atoms with Gasteiger partial charge in [-0.05, 0) is 72.7 Å². The number of rotatable bonds is 15. The highest BCUT2D eigenvalue weighted by molar-refractivity contribution is 14.1. The maximum Gasteiger partial charge on any atom is 0.295 e. The van der Waals surface area contributed by atoms with Crippen LogP contribution in [0.3, 0.4) is 0 Å². The lowest BCUT2D eigenvalue weighted by atomic mass is 10.0. The van der Waals surface area contributed by atoms with E-state index in [2.05, 4.69) is 22.6 Å². The zero-order valence-electron chi connectivity index (χ0n) is 20.5. The molecule has 1 amide bonds. The van der Waals surface area contributed by atoms with Crippen molar-refractivity contribution in [2.75, 3.05) is 13.2 Å². The monoisotopic (exact) mass is 613 g/mol. The molecule has 2 aromatic rings. The summed E-state index contributed by atoms with van der Waals surface area (Å²) in [7, 11) is 1.91. The van der Waals surface area contributed by atoms with Gasteiger partial charge < -0.3 is 14.0 Å². The lowest BCUT2D eigenvalue weighted by Crippen LogP contribution is -2.42. The number of nitriles is 1. The van der Waals surface area contributed by atoms with E-state index < -0.39 is 17.9 Å². The molecule has 0 fully saturated rings. The van der Waals surface area contributed by atoms with Crippen molar-refractivity contribution >= 4 is 45.6 Å². The van der Waals surface area contributed by atoms with E-state index in [1.165, 1.54) is 0 Å². The Bertz CT molecular complexity index is 976. The number of ether oxygens (including phenoxy) is 2. The summed E-state index contributed by atoms with van der Waals surface area (Å²) in [6.45, 7) is 6.35. The first kappa shape index (κ1) is 29.0. The van der Waals surface area contributed by atoms with Crippen LogP contribution in [0, 0.1) is 20.8 Å². The van der Waals surface area contributed by atoms with Crippen LogP contribution < -0.4 is 9.47 Å². The Morgan fingerprint density at radius 3 is 2.17 bits per heavy atom. The molecule has 8 nitrogen and oxygen atoms in total. The van der Waals surface area contributed by atoms with Crippen LogP contribution in [0.2, 0.25) is 0 Å². The third kappa shape index (κ3) is 8.75. The summed E-state index contributed by atoms with van der Waals surface area (Å²) < 4.78 is 14.7. The van der Waals surface area contributed by atoms with Crippen molar-refractivity contribution in [3.8, 4) is 23.4 Å². The van der Waals surface area contributed by atoms with Crippen LogP contribution in [0.15, 0.2) is 36.5 Å². The quantitative estimate of drug-likeness (QED) is 0.106. The molecule has 1 aromatic heterocycles. The molecular weight excluding hydrogens is 581 g/mol. The van der Waals surface area contributed by atoms with Gasteiger partial charge in [0.1, 0.15) is 17.6 Å². The number of nitrogens with zero attached hydrogens (tertiary/aromatic N) is 3. The predicted octanol–water partition coefficient (Wildman–Crippen LogP) is 5.99. The highest BCUT2D eigenvalue weighted by Crippen LogP contribution is 2.28. The number of unbranched alkanes of at least 4 members (excludes halogenated alkanes) is 2. The van der Waals surface area contributed by atoms with Gasteiger partial charge in [0.05, 0.1) is 27.7 Å². The molecule has 190 valence electrons. The lowest BCUT2D eigenvalue weighted by molar-refractivity contribution is -0.343. The number of hydroxylamine groups is 2. The molecule has 35 heavy (non-hydrogen) atoms. The lowest BCUT2D eigenvalue weighted by Gasteiger charge is -2.24. The van der Waals surface area contributed by atoms with E-state index in [1.807, 2.05) is 43.8 Å². The summed E-state index contributed by atoms with van der Waals surface area (Å²) in [5.74, 6) is 0.0389. The Labute approximate surface area is 226 Å². The second-order valence-electron chi connectivity index (χ2n) is 7.85. The van der Waals surface area contributed by atoms with Gasteiger partial charge in [-0.25, -0.2) is 9.68 Å². The maximum atomic E-state index is 13.0. The number of carbonyl (C=O) groups excluding carboxylic acids is 1. The first-order chi connectivity index (χ1) is 16.8. The van der Waals surface area contributed by atoms with E-state index in [-0.39, 0.29) is 4.86 Å². The van der Waals surface area contributed by atoms with Crippen molar-refractivity contribution in [1.82, 2.24) is 9.79 Å². The summed E-state index contributed by atoms with van der Waals surface area (Å²) in [6.07, 6.45) is 4.56. The predicted molar refractivity (Wildman–Crippen MR) is 145 cm³/mol. The SMILES string of the molecule is CCCCON(OCCCC)C(=O)C(C#N)C(=S)C(C)Oc1ccc(Oc2c(I)ccn2C)cc1. The molecule has 0 saturated carbocycles. The number of aryl methyl sites for hydroxylation is 1. The summed E-state index contributed by atoms with van der Waals surface area (Å²) in [5.41, 5.74) is 0. The molecule has 0 aliphatic heterocycles. The number of hydrogen-bond donors (Lipinski definition) is 0.